The Morgan fingerprint density at radius 2 is 2.00 bits per heavy atom. The summed E-state index contributed by atoms with van der Waals surface area (Å²) in [5.41, 5.74) is 2.29. The van der Waals surface area contributed by atoms with Gasteiger partial charge in [-0.05, 0) is 36.1 Å². The molecule has 1 N–H and O–H groups in total. The number of halogens is 1. The zero-order valence-corrected chi connectivity index (χ0v) is 14.5. The van der Waals surface area contributed by atoms with E-state index in [4.69, 9.17) is 4.74 Å². The van der Waals surface area contributed by atoms with Gasteiger partial charge in [0.2, 0.25) is 5.91 Å². The molecule has 22 heavy (non-hydrogen) atoms. The lowest BCUT2D eigenvalue weighted by Crippen LogP contribution is -2.50. The molecular weight excluding hydrogens is 346 g/mol. The van der Waals surface area contributed by atoms with Crippen LogP contribution in [0.4, 0.5) is 0 Å². The average Bonchev–Trinajstić information content (AvgIpc) is 2.71. The number of Topliss-reactive ketones (excluding diaryl/α,β-unsaturated/α-hetero) is 1. The van der Waals surface area contributed by atoms with Crippen molar-refractivity contribution in [2.75, 3.05) is 13.2 Å². The lowest BCUT2D eigenvalue weighted by molar-refractivity contribution is -0.127. The first-order valence-electron chi connectivity index (χ1n) is 7.71. The van der Waals surface area contributed by atoms with Gasteiger partial charge in [-0.25, -0.2) is 0 Å². The minimum absolute atomic E-state index is 0.0000491. The van der Waals surface area contributed by atoms with Gasteiger partial charge in [0.05, 0.1) is 0 Å². The Labute approximate surface area is 138 Å². The first kappa shape index (κ1) is 15.7. The van der Waals surface area contributed by atoms with Crippen LogP contribution in [0.25, 0.3) is 0 Å². The van der Waals surface area contributed by atoms with Gasteiger partial charge in [-0.2, -0.15) is 0 Å². The van der Waals surface area contributed by atoms with Crippen molar-refractivity contribution < 1.29 is 14.3 Å². The van der Waals surface area contributed by atoms with Crippen LogP contribution in [0.3, 0.4) is 0 Å². The maximum Gasteiger partial charge on any atom is 0.236 e. The highest BCUT2D eigenvalue weighted by atomic mass is 79.9. The summed E-state index contributed by atoms with van der Waals surface area (Å²) in [6.07, 6.45) is 1.93. The van der Waals surface area contributed by atoms with E-state index < -0.39 is 11.5 Å². The Bertz CT molecular complexity index is 635. The van der Waals surface area contributed by atoms with Crippen LogP contribution < -0.4 is 5.32 Å². The topological polar surface area (TPSA) is 55.4 Å². The number of rotatable bonds is 2. The second-order valence-corrected chi connectivity index (χ2v) is 7.01. The van der Waals surface area contributed by atoms with Gasteiger partial charge in [0.15, 0.2) is 5.78 Å². The molecule has 1 atom stereocenters. The number of ketones is 1. The third-order valence-corrected chi connectivity index (χ3v) is 5.39. The molecule has 1 aromatic carbocycles. The van der Waals surface area contributed by atoms with Crippen molar-refractivity contribution in [1.29, 1.82) is 0 Å². The third-order valence-electron chi connectivity index (χ3n) is 4.73. The molecule has 2 aliphatic rings. The Kier molecular flexibility index (Phi) is 4.12. The largest absolute Gasteiger partial charge is 0.381 e. The van der Waals surface area contributed by atoms with E-state index in [9.17, 15) is 9.59 Å². The van der Waals surface area contributed by atoms with Gasteiger partial charge in [-0.1, -0.05) is 28.9 Å². The Morgan fingerprint density at radius 1 is 1.32 bits per heavy atom. The summed E-state index contributed by atoms with van der Waals surface area (Å²) in [7, 11) is 0. The van der Waals surface area contributed by atoms with Crippen molar-refractivity contribution in [3.05, 3.63) is 33.3 Å². The summed E-state index contributed by atoms with van der Waals surface area (Å²) in [5.74, 6) is -0.880. The van der Waals surface area contributed by atoms with Crippen LogP contribution in [0.1, 0.15) is 42.4 Å². The molecule has 1 aromatic rings. The van der Waals surface area contributed by atoms with Crippen LogP contribution in [0.5, 0.6) is 0 Å². The van der Waals surface area contributed by atoms with Crippen LogP contribution in [-0.2, 0) is 20.7 Å². The van der Waals surface area contributed by atoms with E-state index in [0.29, 0.717) is 26.1 Å². The van der Waals surface area contributed by atoms with Gasteiger partial charge in [0.25, 0.3) is 0 Å². The molecule has 2 heterocycles. The van der Waals surface area contributed by atoms with Crippen LogP contribution >= 0.6 is 15.9 Å². The number of hydrogen-bond donors (Lipinski definition) is 1. The summed E-state index contributed by atoms with van der Waals surface area (Å²) in [6.45, 7) is 5.11. The number of carbonyl (C=O) groups excluding carboxylic acids is 2. The van der Waals surface area contributed by atoms with E-state index in [-0.39, 0.29) is 11.7 Å². The monoisotopic (exact) mass is 365 g/mol. The number of hydrogen-bond acceptors (Lipinski definition) is 3. The Morgan fingerprint density at radius 3 is 2.64 bits per heavy atom. The summed E-state index contributed by atoms with van der Waals surface area (Å²) in [6, 6.07) is 4.04. The van der Waals surface area contributed by atoms with E-state index >= 15 is 0 Å². The molecule has 118 valence electrons. The molecule has 0 radical (unpaired) electrons. The van der Waals surface area contributed by atoms with Crippen molar-refractivity contribution in [3.63, 3.8) is 0 Å². The number of aryl methyl sites for hydroxylation is 2. The van der Waals surface area contributed by atoms with Crippen LogP contribution in [0.2, 0.25) is 0 Å². The van der Waals surface area contributed by atoms with Gasteiger partial charge in [-0.3, -0.25) is 9.59 Å². The molecule has 2 saturated heterocycles. The second-order valence-electron chi connectivity index (χ2n) is 6.15. The molecule has 1 spiro atoms. The van der Waals surface area contributed by atoms with E-state index in [2.05, 4.69) is 27.3 Å². The zero-order chi connectivity index (χ0) is 15.9. The fourth-order valence-corrected chi connectivity index (χ4v) is 4.40. The third kappa shape index (κ3) is 2.40. The molecule has 5 heteroatoms. The quantitative estimate of drug-likeness (QED) is 0.819. The van der Waals surface area contributed by atoms with E-state index in [1.54, 1.807) is 0 Å². The van der Waals surface area contributed by atoms with E-state index in [1.165, 1.54) is 0 Å². The molecule has 0 aromatic heterocycles. The molecular formula is C17H20BrNO3. The SMILES string of the molecule is CCc1cc(C)cc(Br)c1C1C(=O)NC2(CCOCC2)C1=O. The number of nitrogens with one attached hydrogen (secondary N) is 1. The maximum absolute atomic E-state index is 13.0. The summed E-state index contributed by atoms with van der Waals surface area (Å²) < 4.78 is 6.20. The summed E-state index contributed by atoms with van der Waals surface area (Å²) >= 11 is 3.56. The molecule has 4 nitrogen and oxygen atoms in total. The molecule has 2 fully saturated rings. The van der Waals surface area contributed by atoms with E-state index in [0.717, 1.165) is 27.6 Å². The van der Waals surface area contributed by atoms with Crippen molar-refractivity contribution in [3.8, 4) is 0 Å². The predicted octanol–water partition coefficient (Wildman–Crippen LogP) is 2.65. The van der Waals surface area contributed by atoms with Crippen LogP contribution in [-0.4, -0.2) is 30.4 Å². The Balaban J connectivity index is 2.06. The number of ether oxygens (including phenoxy) is 1. The molecule has 3 rings (SSSR count). The Hall–Kier alpha value is -1.20. The minimum atomic E-state index is -0.727. The van der Waals surface area contributed by atoms with E-state index in [1.807, 2.05) is 19.9 Å². The standard InChI is InChI=1S/C17H20BrNO3/c1-3-11-8-10(2)9-12(18)13(11)14-15(20)17(19-16(14)21)4-6-22-7-5-17/h8-9,14H,3-7H2,1-2H3,(H,19,21). The molecule has 1 unspecified atom stereocenters. The molecule has 0 bridgehead atoms. The zero-order valence-electron chi connectivity index (χ0n) is 12.9. The van der Waals surface area contributed by atoms with Gasteiger partial charge < -0.3 is 10.1 Å². The van der Waals surface area contributed by atoms with Crippen molar-refractivity contribution in [2.45, 2.75) is 44.6 Å². The highest BCUT2D eigenvalue weighted by molar-refractivity contribution is 9.10. The number of carbonyl (C=O) groups is 2. The second kappa shape index (κ2) is 5.78. The fraction of sp³-hybridized carbons (Fsp3) is 0.529. The fourth-order valence-electron chi connectivity index (χ4n) is 3.56. The normalized spacial score (nSPS) is 23.9. The maximum atomic E-state index is 13.0. The predicted molar refractivity (Wildman–Crippen MR) is 86.9 cm³/mol. The highest BCUT2D eigenvalue weighted by Crippen LogP contribution is 2.40. The van der Waals surface area contributed by atoms with Crippen molar-refractivity contribution in [1.82, 2.24) is 5.32 Å². The van der Waals surface area contributed by atoms with Crippen LogP contribution in [0, 0.1) is 6.92 Å². The van der Waals surface area contributed by atoms with Gasteiger partial charge in [-0.15, -0.1) is 0 Å². The summed E-state index contributed by atoms with van der Waals surface area (Å²) in [4.78, 5) is 25.6. The number of benzene rings is 1. The molecule has 1 amide bonds. The van der Waals surface area contributed by atoms with Gasteiger partial charge >= 0.3 is 0 Å². The number of amides is 1. The van der Waals surface area contributed by atoms with Gasteiger partial charge in [0.1, 0.15) is 11.5 Å². The molecule has 0 saturated carbocycles. The van der Waals surface area contributed by atoms with Crippen LogP contribution in [0.15, 0.2) is 16.6 Å². The molecule has 2 aliphatic heterocycles. The average molecular weight is 366 g/mol. The minimum Gasteiger partial charge on any atom is -0.381 e. The van der Waals surface area contributed by atoms with Gasteiger partial charge in [0, 0.05) is 30.5 Å². The van der Waals surface area contributed by atoms with Crippen molar-refractivity contribution in [2.24, 2.45) is 0 Å². The first-order valence-corrected chi connectivity index (χ1v) is 8.51. The lowest BCUT2D eigenvalue weighted by Gasteiger charge is -2.31. The first-order chi connectivity index (χ1) is 10.5. The lowest BCUT2D eigenvalue weighted by atomic mass is 9.80. The summed E-state index contributed by atoms with van der Waals surface area (Å²) in [5, 5.41) is 2.97. The highest BCUT2D eigenvalue weighted by Gasteiger charge is 2.54. The van der Waals surface area contributed by atoms with Crippen molar-refractivity contribution >= 4 is 27.6 Å². The molecule has 0 aliphatic carbocycles. The smallest absolute Gasteiger partial charge is 0.236 e.